The molecule has 0 aromatic carbocycles. The van der Waals surface area contributed by atoms with E-state index in [4.69, 9.17) is 9.47 Å². The summed E-state index contributed by atoms with van der Waals surface area (Å²) >= 11 is 0. The van der Waals surface area contributed by atoms with Crippen LogP contribution >= 0.6 is 0 Å². The van der Waals surface area contributed by atoms with E-state index in [9.17, 15) is 0 Å². The van der Waals surface area contributed by atoms with Crippen LogP contribution in [0.4, 0.5) is 0 Å². The Bertz CT molecular complexity index is 219. The van der Waals surface area contributed by atoms with Gasteiger partial charge in [0.15, 0.2) is 0 Å². The van der Waals surface area contributed by atoms with E-state index < -0.39 is 0 Å². The molecule has 2 unspecified atom stereocenters. The molecular formula is C15H31NO2. The average molecular weight is 257 g/mol. The summed E-state index contributed by atoms with van der Waals surface area (Å²) in [6.07, 6.45) is 3.73. The van der Waals surface area contributed by atoms with Crippen molar-refractivity contribution in [2.24, 2.45) is 5.92 Å². The molecule has 0 radical (unpaired) electrons. The predicted octanol–water partition coefficient (Wildman–Crippen LogP) is 3.66. The van der Waals surface area contributed by atoms with Gasteiger partial charge in [-0.25, -0.2) is 0 Å². The molecule has 0 heterocycles. The zero-order valence-corrected chi connectivity index (χ0v) is 12.9. The van der Waals surface area contributed by atoms with E-state index in [2.05, 4.69) is 46.2 Å². The largest absolute Gasteiger partial charge is 0.464 e. The van der Waals surface area contributed by atoms with Crippen molar-refractivity contribution < 1.29 is 9.47 Å². The Morgan fingerprint density at radius 3 is 2.50 bits per heavy atom. The van der Waals surface area contributed by atoms with Gasteiger partial charge in [-0.3, -0.25) is 0 Å². The van der Waals surface area contributed by atoms with Crippen LogP contribution < -0.4 is 0 Å². The Balaban J connectivity index is 3.67. The highest BCUT2D eigenvalue weighted by atomic mass is 16.7. The number of nitrogens with zero attached hydrogens (tertiary/aromatic N) is 1. The number of ether oxygens (including phenoxy) is 2. The van der Waals surface area contributed by atoms with E-state index >= 15 is 0 Å². The summed E-state index contributed by atoms with van der Waals surface area (Å²) in [7, 11) is 2.07. The van der Waals surface area contributed by atoms with Gasteiger partial charge in [-0.1, -0.05) is 33.6 Å². The third kappa shape index (κ3) is 9.34. The van der Waals surface area contributed by atoms with E-state index in [1.807, 2.05) is 0 Å². The molecule has 0 amide bonds. The molecule has 0 rings (SSSR count). The van der Waals surface area contributed by atoms with Crippen LogP contribution in [0.3, 0.4) is 0 Å². The van der Waals surface area contributed by atoms with Crippen LogP contribution in [0.2, 0.25) is 0 Å². The average Bonchev–Trinajstić information content (AvgIpc) is 2.28. The number of rotatable bonds is 11. The SMILES string of the molecule is C=C(OCCN(C)CC)OC(C)CC(C)CCC. The van der Waals surface area contributed by atoms with Crippen molar-refractivity contribution in [1.82, 2.24) is 4.90 Å². The third-order valence-electron chi connectivity index (χ3n) is 3.12. The maximum Gasteiger partial charge on any atom is 0.271 e. The second kappa shape index (κ2) is 10.2. The van der Waals surface area contributed by atoms with Crippen molar-refractivity contribution in [2.75, 3.05) is 26.7 Å². The normalized spacial score (nSPS) is 14.3. The fraction of sp³-hybridized carbons (Fsp3) is 0.867. The topological polar surface area (TPSA) is 21.7 Å². The molecule has 0 aliphatic carbocycles. The molecule has 0 N–H and O–H groups in total. The van der Waals surface area contributed by atoms with Gasteiger partial charge in [0, 0.05) is 6.54 Å². The summed E-state index contributed by atoms with van der Waals surface area (Å²) in [4.78, 5) is 2.19. The number of hydrogen-bond donors (Lipinski definition) is 0. The number of hydrogen-bond acceptors (Lipinski definition) is 3. The Morgan fingerprint density at radius 2 is 1.94 bits per heavy atom. The minimum Gasteiger partial charge on any atom is -0.464 e. The third-order valence-corrected chi connectivity index (χ3v) is 3.12. The lowest BCUT2D eigenvalue weighted by atomic mass is 9.99. The molecule has 0 aliphatic rings. The summed E-state index contributed by atoms with van der Waals surface area (Å²) in [5, 5.41) is 0. The highest BCUT2D eigenvalue weighted by molar-refractivity contribution is 4.72. The van der Waals surface area contributed by atoms with Crippen LogP contribution in [0.25, 0.3) is 0 Å². The van der Waals surface area contributed by atoms with Gasteiger partial charge in [0.25, 0.3) is 5.95 Å². The molecular weight excluding hydrogens is 226 g/mol. The van der Waals surface area contributed by atoms with Gasteiger partial charge in [-0.2, -0.15) is 0 Å². The lowest BCUT2D eigenvalue weighted by Crippen LogP contribution is -2.23. The summed E-state index contributed by atoms with van der Waals surface area (Å²) < 4.78 is 11.1. The second-order valence-electron chi connectivity index (χ2n) is 5.17. The van der Waals surface area contributed by atoms with E-state index in [1.54, 1.807) is 0 Å². The van der Waals surface area contributed by atoms with Crippen molar-refractivity contribution in [2.45, 2.75) is 53.1 Å². The first-order valence-corrected chi connectivity index (χ1v) is 7.16. The van der Waals surface area contributed by atoms with E-state index in [0.29, 0.717) is 18.5 Å². The highest BCUT2D eigenvalue weighted by Gasteiger charge is 2.10. The first-order chi connectivity index (χ1) is 8.49. The van der Waals surface area contributed by atoms with Crippen LogP contribution in [-0.2, 0) is 9.47 Å². The van der Waals surface area contributed by atoms with Gasteiger partial charge in [-0.15, -0.1) is 0 Å². The maximum absolute atomic E-state index is 5.65. The first-order valence-electron chi connectivity index (χ1n) is 7.16. The molecule has 0 spiro atoms. The summed E-state index contributed by atoms with van der Waals surface area (Å²) in [5.41, 5.74) is 0. The smallest absolute Gasteiger partial charge is 0.271 e. The Labute approximate surface area is 113 Å². The second-order valence-corrected chi connectivity index (χ2v) is 5.17. The van der Waals surface area contributed by atoms with Crippen molar-refractivity contribution in [3.63, 3.8) is 0 Å². The monoisotopic (exact) mass is 257 g/mol. The van der Waals surface area contributed by atoms with Crippen molar-refractivity contribution >= 4 is 0 Å². The summed E-state index contributed by atoms with van der Waals surface area (Å²) in [6, 6.07) is 0. The molecule has 0 bridgehead atoms. The van der Waals surface area contributed by atoms with Crippen LogP contribution in [-0.4, -0.2) is 37.7 Å². The Hall–Kier alpha value is -0.700. The zero-order valence-electron chi connectivity index (χ0n) is 12.9. The minimum absolute atomic E-state index is 0.183. The van der Waals surface area contributed by atoms with Crippen LogP contribution in [0.15, 0.2) is 12.5 Å². The minimum atomic E-state index is 0.183. The predicted molar refractivity (Wildman–Crippen MR) is 77.5 cm³/mol. The van der Waals surface area contributed by atoms with Crippen LogP contribution in [0.1, 0.15) is 47.0 Å². The fourth-order valence-electron chi connectivity index (χ4n) is 1.96. The standard InChI is InChI=1S/C15H31NO2/c1-7-9-13(3)12-14(4)18-15(5)17-11-10-16(6)8-2/h13-14H,5,7-12H2,1-4,6H3. The molecule has 0 saturated carbocycles. The first kappa shape index (κ1) is 17.3. The highest BCUT2D eigenvalue weighted by Crippen LogP contribution is 2.16. The molecule has 0 saturated heterocycles. The molecule has 0 aromatic rings. The molecule has 0 fully saturated rings. The van der Waals surface area contributed by atoms with Crippen molar-refractivity contribution in [3.8, 4) is 0 Å². The zero-order chi connectivity index (χ0) is 14.0. The molecule has 2 atom stereocenters. The van der Waals surface area contributed by atoms with Gasteiger partial charge < -0.3 is 14.4 Å². The van der Waals surface area contributed by atoms with Crippen LogP contribution in [0, 0.1) is 5.92 Å². The van der Waals surface area contributed by atoms with Crippen molar-refractivity contribution in [3.05, 3.63) is 12.5 Å². The lowest BCUT2D eigenvalue weighted by molar-refractivity contribution is -0.0107. The van der Waals surface area contributed by atoms with Gasteiger partial charge in [0.1, 0.15) is 6.61 Å². The lowest BCUT2D eigenvalue weighted by Gasteiger charge is -2.20. The molecule has 18 heavy (non-hydrogen) atoms. The Morgan fingerprint density at radius 1 is 1.28 bits per heavy atom. The summed E-state index contributed by atoms with van der Waals surface area (Å²) in [6.45, 7) is 15.1. The fourth-order valence-corrected chi connectivity index (χ4v) is 1.96. The molecule has 3 nitrogen and oxygen atoms in total. The Kier molecular flexibility index (Phi) is 9.85. The van der Waals surface area contributed by atoms with Gasteiger partial charge in [0.05, 0.1) is 6.10 Å². The molecule has 0 aliphatic heterocycles. The van der Waals surface area contributed by atoms with Crippen molar-refractivity contribution in [1.29, 1.82) is 0 Å². The number of likely N-dealkylation sites (N-methyl/N-ethyl adjacent to an activating group) is 1. The van der Waals surface area contributed by atoms with Gasteiger partial charge >= 0.3 is 0 Å². The quantitative estimate of drug-likeness (QED) is 0.527. The maximum atomic E-state index is 5.65. The van der Waals surface area contributed by atoms with Gasteiger partial charge in [-0.05, 0) is 39.4 Å². The molecule has 0 aromatic heterocycles. The van der Waals surface area contributed by atoms with E-state index in [1.165, 1.54) is 12.8 Å². The summed E-state index contributed by atoms with van der Waals surface area (Å²) in [5.74, 6) is 1.15. The van der Waals surface area contributed by atoms with Gasteiger partial charge in [0.2, 0.25) is 0 Å². The van der Waals surface area contributed by atoms with Crippen LogP contribution in [0.5, 0.6) is 0 Å². The van der Waals surface area contributed by atoms with E-state index in [0.717, 1.165) is 19.5 Å². The van der Waals surface area contributed by atoms with E-state index in [-0.39, 0.29) is 6.10 Å². The molecule has 3 heteroatoms. The molecule has 108 valence electrons.